The molecule has 2 atom stereocenters. The molecule has 0 aliphatic rings. The molecule has 0 saturated carbocycles. The van der Waals surface area contributed by atoms with E-state index in [1.54, 1.807) is 6.92 Å². The summed E-state index contributed by atoms with van der Waals surface area (Å²) in [6.07, 6.45) is -0.296. The Bertz CT molecular complexity index is 210. The van der Waals surface area contributed by atoms with Gasteiger partial charge in [0.1, 0.15) is 6.10 Å². The van der Waals surface area contributed by atoms with Crippen molar-refractivity contribution in [1.29, 1.82) is 5.26 Å². The molecule has 0 spiro atoms. The fraction of sp³-hybridized carbons (Fsp3) is 0.667. The van der Waals surface area contributed by atoms with Crippen molar-refractivity contribution in [3.05, 3.63) is 0 Å². The zero-order valence-corrected chi connectivity index (χ0v) is 7.60. The Morgan fingerprint density at radius 1 is 1.64 bits per heavy atom. The molecule has 2 N–H and O–H groups in total. The molecule has 0 radical (unpaired) electrons. The van der Waals surface area contributed by atoms with Gasteiger partial charge in [0.25, 0.3) is 0 Å². The third kappa shape index (κ3) is 41.6. The van der Waals surface area contributed by atoms with E-state index in [-0.39, 0.29) is 6.10 Å². The van der Waals surface area contributed by atoms with Crippen LogP contribution in [0.1, 0.15) is 6.92 Å². The van der Waals surface area contributed by atoms with Gasteiger partial charge in [-0.1, -0.05) is 0 Å². The highest BCUT2D eigenvalue weighted by atomic mass is 32.3. The molecule has 0 heterocycles. The first kappa shape index (κ1) is 13.3. The van der Waals surface area contributed by atoms with E-state index in [1.807, 2.05) is 15.5 Å². The van der Waals surface area contributed by atoms with Gasteiger partial charge in [-0.3, -0.25) is 9.11 Å². The van der Waals surface area contributed by atoms with Gasteiger partial charge in [-0.05, 0) is 6.92 Å². The van der Waals surface area contributed by atoms with Crippen LogP contribution in [0.4, 0.5) is 0 Å². The second-order valence-corrected chi connectivity index (χ2v) is 2.52. The molecule has 0 rings (SSSR count). The number of rotatable bonds is 1. The summed E-state index contributed by atoms with van der Waals surface area (Å²) in [4.78, 5) is 0. The smallest absolute Gasteiger partial charge is 0.348 e. The zero-order valence-electron chi connectivity index (χ0n) is 5.63. The summed E-state index contributed by atoms with van der Waals surface area (Å²) in [6, 6.07) is 1.87. The highest BCUT2D eigenvalue weighted by Gasteiger charge is 1.88. The number of nitriles is 1. The van der Waals surface area contributed by atoms with Gasteiger partial charge in [0.15, 0.2) is 0 Å². The molecule has 0 aromatic carbocycles. The molecule has 66 valence electrons. The van der Waals surface area contributed by atoms with Crippen LogP contribution in [0, 0.1) is 11.3 Å². The first-order chi connectivity index (χ1) is 4.81. The van der Waals surface area contributed by atoms with Crippen LogP contribution in [-0.4, -0.2) is 23.6 Å². The number of hydrogen-bond donors (Lipinski definition) is 2. The van der Waals surface area contributed by atoms with E-state index in [0.29, 0.717) is 0 Å². The van der Waals surface area contributed by atoms with Crippen LogP contribution >= 0.6 is 9.47 Å². The van der Waals surface area contributed by atoms with E-state index in [0.717, 1.165) is 0 Å². The van der Waals surface area contributed by atoms with Crippen molar-refractivity contribution in [2.24, 2.45) is 0 Å². The highest BCUT2D eigenvalue weighted by molar-refractivity contribution is 7.79. The fourth-order valence-electron chi connectivity index (χ4n) is 0.0304. The largest absolute Gasteiger partial charge is 0.394 e. The van der Waals surface area contributed by atoms with Crippen LogP contribution < -0.4 is 0 Å². The van der Waals surface area contributed by atoms with Crippen molar-refractivity contribution in [1.82, 2.24) is 0 Å². The van der Waals surface area contributed by atoms with Gasteiger partial charge in [-0.2, -0.15) is 13.7 Å². The molecule has 0 amide bonds. The molecule has 0 bridgehead atoms. The van der Waals surface area contributed by atoms with Gasteiger partial charge in [0.2, 0.25) is 0 Å². The summed E-state index contributed by atoms with van der Waals surface area (Å²) >= 11 is 0. The van der Waals surface area contributed by atoms with Gasteiger partial charge >= 0.3 is 10.4 Å². The summed E-state index contributed by atoms with van der Waals surface area (Å²) in [5.74, 6) is 0. The Hall–Kier alpha value is -0.250. The van der Waals surface area contributed by atoms with Crippen molar-refractivity contribution in [2.45, 2.75) is 13.0 Å². The lowest BCUT2D eigenvalue weighted by Gasteiger charge is -1.91. The monoisotopic (exact) mass is 201 g/mol. The minimum absolute atomic E-state index is 0.296. The topological polar surface area (TPSA) is 108 Å². The van der Waals surface area contributed by atoms with Crippen molar-refractivity contribution in [3.8, 4) is 6.07 Å². The minimum Gasteiger partial charge on any atom is -0.348 e. The fourth-order valence-corrected chi connectivity index (χ4v) is 0.0913. The van der Waals surface area contributed by atoms with Crippen molar-refractivity contribution < 1.29 is 22.0 Å². The van der Waals surface area contributed by atoms with Crippen molar-refractivity contribution in [3.63, 3.8) is 0 Å². The molecule has 8 heteroatoms. The van der Waals surface area contributed by atoms with E-state index in [4.69, 9.17) is 22.8 Å². The van der Waals surface area contributed by atoms with Crippen LogP contribution in [0.2, 0.25) is 0 Å². The summed E-state index contributed by atoms with van der Waals surface area (Å²) < 4.78 is 36.0. The maximum absolute atomic E-state index is 8.74. The Morgan fingerprint density at radius 3 is 1.91 bits per heavy atom. The summed E-state index contributed by atoms with van der Waals surface area (Å²) in [5, 5.41) is 7.95. The Labute approximate surface area is 67.0 Å². The summed E-state index contributed by atoms with van der Waals surface area (Å²) in [7, 11) is -2.65. The first-order valence-electron chi connectivity index (χ1n) is 2.26. The third-order valence-corrected chi connectivity index (χ3v) is 0.794. The molecule has 6 nitrogen and oxygen atoms in total. The van der Waals surface area contributed by atoms with E-state index in [2.05, 4.69) is 4.52 Å². The van der Waals surface area contributed by atoms with Crippen LogP contribution in [0.25, 0.3) is 0 Å². The van der Waals surface area contributed by atoms with Crippen LogP contribution in [-0.2, 0) is 14.9 Å². The van der Waals surface area contributed by atoms with Gasteiger partial charge in [-0.15, -0.1) is 0 Å². The Balaban J connectivity index is 0. The molecule has 0 saturated heterocycles. The average Bonchev–Trinajstić information content (AvgIpc) is 1.83. The van der Waals surface area contributed by atoms with Gasteiger partial charge in [0.05, 0.1) is 6.07 Å². The second kappa shape index (κ2) is 6.46. The molecule has 0 aliphatic heterocycles. The molecule has 0 aromatic rings. The predicted molar refractivity (Wildman–Crippen MR) is 40.0 cm³/mol. The lowest BCUT2D eigenvalue weighted by atomic mass is 10.5. The summed E-state index contributed by atoms with van der Waals surface area (Å²) in [6.45, 7) is 1.67. The average molecular weight is 201 g/mol. The van der Waals surface area contributed by atoms with Crippen LogP contribution in [0.3, 0.4) is 0 Å². The molecule has 0 aliphatic carbocycles. The quantitative estimate of drug-likeness (QED) is 0.458. The summed E-state index contributed by atoms with van der Waals surface area (Å²) in [5.41, 5.74) is 0. The van der Waals surface area contributed by atoms with E-state index in [9.17, 15) is 0 Å². The van der Waals surface area contributed by atoms with Gasteiger partial charge < -0.3 is 4.52 Å². The lowest BCUT2D eigenvalue weighted by Crippen LogP contribution is -1.92. The van der Waals surface area contributed by atoms with Crippen LogP contribution in [0.5, 0.6) is 0 Å². The van der Waals surface area contributed by atoms with Gasteiger partial charge in [-0.25, -0.2) is 0 Å². The molecule has 11 heavy (non-hydrogen) atoms. The molecule has 0 fully saturated rings. The molecule has 2 unspecified atom stereocenters. The molecule has 0 aromatic heterocycles. The molecular formula is C3H8NO5PS. The first-order valence-corrected chi connectivity index (χ1v) is 4.13. The minimum atomic E-state index is -4.67. The van der Waals surface area contributed by atoms with E-state index < -0.39 is 10.4 Å². The molecular weight excluding hydrogens is 193 g/mol. The highest BCUT2D eigenvalue weighted by Crippen LogP contribution is 1.91. The Morgan fingerprint density at radius 2 is 1.91 bits per heavy atom. The predicted octanol–water partition coefficient (Wildman–Crippen LogP) is 0.0524. The van der Waals surface area contributed by atoms with E-state index in [1.165, 1.54) is 0 Å². The normalized spacial score (nSPS) is 12.3. The van der Waals surface area contributed by atoms with Gasteiger partial charge in [0, 0.05) is 9.47 Å². The Kier molecular flexibility index (Phi) is 7.84. The third-order valence-electron chi connectivity index (χ3n) is 0.386. The van der Waals surface area contributed by atoms with Crippen molar-refractivity contribution >= 4 is 19.9 Å². The number of nitrogens with zero attached hydrogens (tertiary/aromatic N) is 1. The maximum atomic E-state index is 8.74. The SMILES string of the molecule is CC(C#N)OP.O=S(=O)(O)O. The maximum Gasteiger partial charge on any atom is 0.394 e. The van der Waals surface area contributed by atoms with Crippen molar-refractivity contribution in [2.75, 3.05) is 0 Å². The standard InChI is InChI=1S/C3H6NOP.H2O4S/c1-3(2-4)5-6;1-5(2,3)4/h3H,6H2,1H3;(H2,1,2,3,4). The second-order valence-electron chi connectivity index (χ2n) is 1.36. The number of hydrogen-bond acceptors (Lipinski definition) is 4. The lowest BCUT2D eigenvalue weighted by molar-refractivity contribution is 0.326. The zero-order chi connectivity index (χ0) is 9.49. The van der Waals surface area contributed by atoms with Crippen LogP contribution in [0.15, 0.2) is 0 Å². The van der Waals surface area contributed by atoms with E-state index >= 15 is 0 Å².